The van der Waals surface area contributed by atoms with Crippen LogP contribution in [0, 0.1) is 5.41 Å². The van der Waals surface area contributed by atoms with Crippen LogP contribution < -0.4 is 14.2 Å². The third-order valence-corrected chi connectivity index (χ3v) is 10.4. The number of fused-ring (bicyclic) bond motifs is 6. The maximum absolute atomic E-state index is 12.0. The number of phenolic OH excluding ortho intramolecular Hbond substituents is 2. The van der Waals surface area contributed by atoms with Gasteiger partial charge in [-0.3, -0.25) is 4.79 Å². The van der Waals surface area contributed by atoms with E-state index in [0.717, 1.165) is 52.8 Å². The number of aromatic hydroxyl groups is 2. The van der Waals surface area contributed by atoms with Gasteiger partial charge in [-0.15, -0.1) is 0 Å². The number of ether oxygens (including phenoxy) is 4. The van der Waals surface area contributed by atoms with Crippen LogP contribution in [0.1, 0.15) is 86.1 Å². The van der Waals surface area contributed by atoms with Gasteiger partial charge in [-0.05, 0) is 78.8 Å². The first-order valence-corrected chi connectivity index (χ1v) is 15.0. The summed E-state index contributed by atoms with van der Waals surface area (Å²) in [7, 11) is 3.18. The van der Waals surface area contributed by atoms with E-state index >= 15 is 0 Å². The van der Waals surface area contributed by atoms with Crippen molar-refractivity contribution in [3.63, 3.8) is 0 Å². The number of benzene rings is 3. The Morgan fingerprint density at radius 2 is 1.76 bits per heavy atom. The van der Waals surface area contributed by atoms with Gasteiger partial charge in [0.15, 0.2) is 11.5 Å². The third kappa shape index (κ3) is 4.11. The molecule has 7 nitrogen and oxygen atoms in total. The summed E-state index contributed by atoms with van der Waals surface area (Å²) in [5.41, 5.74) is 6.53. The molecular weight excluding hydrogens is 532 g/mol. The van der Waals surface area contributed by atoms with E-state index in [-0.39, 0.29) is 35.4 Å². The molecule has 42 heavy (non-hydrogen) atoms. The molecule has 0 radical (unpaired) electrons. The third-order valence-electron chi connectivity index (χ3n) is 10.4. The van der Waals surface area contributed by atoms with Crippen molar-refractivity contribution in [2.24, 2.45) is 5.41 Å². The Bertz CT molecular complexity index is 1570. The highest BCUT2D eigenvalue weighted by Gasteiger charge is 2.55. The molecule has 2 saturated carbocycles. The molecular formula is C35H38O7. The molecule has 3 unspecified atom stereocenters. The van der Waals surface area contributed by atoms with Gasteiger partial charge in [0.1, 0.15) is 30.0 Å². The lowest BCUT2D eigenvalue weighted by Crippen LogP contribution is -2.32. The molecule has 3 aliphatic carbocycles. The molecule has 7 heteroatoms. The zero-order valence-electron chi connectivity index (χ0n) is 24.5. The topological polar surface area (TPSA) is 94.5 Å². The van der Waals surface area contributed by atoms with E-state index in [1.165, 1.54) is 51.7 Å². The van der Waals surface area contributed by atoms with E-state index in [0.29, 0.717) is 16.9 Å². The molecule has 0 aromatic heterocycles. The Labute approximate surface area is 246 Å². The van der Waals surface area contributed by atoms with Crippen LogP contribution in [-0.2, 0) is 21.4 Å². The van der Waals surface area contributed by atoms with Crippen LogP contribution in [0.25, 0.3) is 11.1 Å². The van der Waals surface area contributed by atoms with Crippen molar-refractivity contribution in [1.82, 2.24) is 0 Å². The van der Waals surface area contributed by atoms with E-state index in [2.05, 4.69) is 12.1 Å². The monoisotopic (exact) mass is 570 g/mol. The number of carbonyl (C=O) groups is 1. The molecule has 0 amide bonds. The second kappa shape index (κ2) is 9.85. The molecule has 4 aliphatic rings. The van der Waals surface area contributed by atoms with E-state index in [9.17, 15) is 15.0 Å². The van der Waals surface area contributed by atoms with Crippen molar-refractivity contribution in [2.75, 3.05) is 20.8 Å². The van der Waals surface area contributed by atoms with Gasteiger partial charge in [0.25, 0.3) is 0 Å². The molecule has 2 spiro atoms. The van der Waals surface area contributed by atoms with Crippen LogP contribution in [0.3, 0.4) is 0 Å². The zero-order valence-corrected chi connectivity index (χ0v) is 24.5. The maximum Gasteiger partial charge on any atom is 0.302 e. The minimum atomic E-state index is -0.428. The number of carbonyl (C=O) groups excluding carboxylic acids is 1. The van der Waals surface area contributed by atoms with Gasteiger partial charge in [0.2, 0.25) is 0 Å². The Morgan fingerprint density at radius 1 is 0.976 bits per heavy atom. The summed E-state index contributed by atoms with van der Waals surface area (Å²) < 4.78 is 23.9. The largest absolute Gasteiger partial charge is 0.508 e. The van der Waals surface area contributed by atoms with Crippen molar-refractivity contribution < 1.29 is 34.0 Å². The number of esters is 1. The fraction of sp³-hybridized carbons (Fsp3) is 0.457. The first-order valence-electron chi connectivity index (χ1n) is 15.0. The predicted octanol–water partition coefficient (Wildman–Crippen LogP) is 7.10. The van der Waals surface area contributed by atoms with Gasteiger partial charge in [-0.2, -0.15) is 0 Å². The lowest BCUT2D eigenvalue weighted by atomic mass is 9.64. The van der Waals surface area contributed by atoms with Crippen molar-refractivity contribution in [3.05, 3.63) is 64.7 Å². The second-order valence-electron chi connectivity index (χ2n) is 12.8. The van der Waals surface area contributed by atoms with Gasteiger partial charge in [0, 0.05) is 35.1 Å². The molecule has 220 valence electrons. The van der Waals surface area contributed by atoms with Crippen molar-refractivity contribution in [1.29, 1.82) is 0 Å². The normalized spacial score (nSPS) is 24.6. The first-order chi connectivity index (χ1) is 20.3. The Kier molecular flexibility index (Phi) is 6.33. The van der Waals surface area contributed by atoms with Crippen LogP contribution in [0.5, 0.6) is 28.7 Å². The fourth-order valence-electron chi connectivity index (χ4n) is 8.71. The van der Waals surface area contributed by atoms with E-state index in [1.807, 2.05) is 12.1 Å². The lowest BCUT2D eigenvalue weighted by molar-refractivity contribution is -0.141. The maximum atomic E-state index is 12.0. The molecule has 2 N–H and O–H groups in total. The molecule has 3 atom stereocenters. The highest BCUT2D eigenvalue weighted by atomic mass is 16.5. The summed E-state index contributed by atoms with van der Waals surface area (Å²) >= 11 is 0. The zero-order chi connectivity index (χ0) is 29.2. The molecule has 2 fully saturated rings. The smallest absolute Gasteiger partial charge is 0.302 e. The molecule has 7 rings (SSSR count). The van der Waals surface area contributed by atoms with Crippen LogP contribution in [0.2, 0.25) is 0 Å². The second-order valence-corrected chi connectivity index (χ2v) is 12.8. The van der Waals surface area contributed by atoms with E-state index < -0.39 is 6.10 Å². The lowest BCUT2D eigenvalue weighted by Gasteiger charge is -2.40. The average molecular weight is 571 g/mol. The van der Waals surface area contributed by atoms with Crippen molar-refractivity contribution >= 4 is 5.97 Å². The first kappa shape index (κ1) is 27.0. The van der Waals surface area contributed by atoms with Crippen molar-refractivity contribution in [2.45, 2.75) is 75.7 Å². The van der Waals surface area contributed by atoms with Crippen LogP contribution >= 0.6 is 0 Å². The molecule has 0 saturated heterocycles. The quantitative estimate of drug-likeness (QED) is 0.316. The molecule has 3 aromatic carbocycles. The van der Waals surface area contributed by atoms with Gasteiger partial charge in [-0.25, -0.2) is 0 Å². The van der Waals surface area contributed by atoms with Crippen molar-refractivity contribution in [3.8, 4) is 39.9 Å². The number of hydrogen-bond donors (Lipinski definition) is 2. The van der Waals surface area contributed by atoms with Crippen LogP contribution in [-0.4, -0.2) is 37.0 Å². The SMILES string of the molecule is COc1cc(C2Oc3c(ccc4c3C3(CCC5(CCCC5)C3)Cc3cc(O)cc(OC)c3-4)C2COC(C)=O)ccc1O. The number of rotatable bonds is 5. The Hall–Kier alpha value is -3.87. The number of methoxy groups -OCH3 is 2. The van der Waals surface area contributed by atoms with Gasteiger partial charge < -0.3 is 29.2 Å². The van der Waals surface area contributed by atoms with Crippen LogP contribution in [0.15, 0.2) is 42.5 Å². The predicted molar refractivity (Wildman–Crippen MR) is 158 cm³/mol. The summed E-state index contributed by atoms with van der Waals surface area (Å²) in [6, 6.07) is 13.2. The summed E-state index contributed by atoms with van der Waals surface area (Å²) in [5.74, 6) is 1.61. The summed E-state index contributed by atoms with van der Waals surface area (Å²) in [4.78, 5) is 12.0. The summed E-state index contributed by atoms with van der Waals surface area (Å²) in [6.07, 6.45) is 8.83. The minimum Gasteiger partial charge on any atom is -0.508 e. The Balaban J connectivity index is 1.43. The average Bonchev–Trinajstić information content (AvgIpc) is 3.68. The highest BCUT2D eigenvalue weighted by molar-refractivity contribution is 5.84. The highest BCUT2D eigenvalue weighted by Crippen LogP contribution is 2.66. The fourth-order valence-corrected chi connectivity index (χ4v) is 8.71. The molecule has 0 bridgehead atoms. The van der Waals surface area contributed by atoms with Gasteiger partial charge in [-0.1, -0.05) is 31.0 Å². The molecule has 1 heterocycles. The van der Waals surface area contributed by atoms with E-state index in [1.54, 1.807) is 25.3 Å². The minimum absolute atomic E-state index is 0.0596. The number of hydrogen-bond acceptors (Lipinski definition) is 7. The summed E-state index contributed by atoms with van der Waals surface area (Å²) in [5, 5.41) is 20.9. The molecule has 1 aliphatic heterocycles. The summed E-state index contributed by atoms with van der Waals surface area (Å²) in [6.45, 7) is 1.61. The standard InChI is InChI=1S/C35H38O7/c1-20(36)41-18-26-24-7-8-25-30-22(14-23(37)16-29(30)40-3)17-35(13-12-34(19-35)10-4-5-11-34)31(25)33(24)42-32(26)21-6-9-27(38)28(15-21)39-2/h6-9,14-16,26,32,37-38H,4-5,10-13,17-19H2,1-3H3. The number of phenols is 2. The van der Waals surface area contributed by atoms with Gasteiger partial charge in [0.05, 0.1) is 20.1 Å². The Morgan fingerprint density at radius 3 is 2.50 bits per heavy atom. The molecule has 3 aromatic rings. The van der Waals surface area contributed by atoms with Crippen LogP contribution in [0.4, 0.5) is 0 Å². The van der Waals surface area contributed by atoms with Gasteiger partial charge >= 0.3 is 5.97 Å². The van der Waals surface area contributed by atoms with E-state index in [4.69, 9.17) is 18.9 Å².